The standard InChI is InChI=1S/C13H13BrF2N2O3/c14-7-4-9(15)11(10(16)5-7)18-13(21)17-8-2-1-6(3-8)12(19)20/h4-6,8H,1-3H2,(H,19,20)(H2,17,18,21)/t6-,8+/m1/s1. The number of carbonyl (C=O) groups is 2. The Kier molecular flexibility index (Phi) is 4.76. The summed E-state index contributed by atoms with van der Waals surface area (Å²) in [6.45, 7) is 0. The van der Waals surface area contributed by atoms with E-state index in [0.29, 0.717) is 19.3 Å². The van der Waals surface area contributed by atoms with Crippen molar-refractivity contribution in [3.63, 3.8) is 0 Å². The normalized spacial score (nSPS) is 21.1. The Balaban J connectivity index is 1.96. The highest BCUT2D eigenvalue weighted by molar-refractivity contribution is 9.10. The fraction of sp³-hybridized carbons (Fsp3) is 0.385. The van der Waals surface area contributed by atoms with Crippen LogP contribution in [0.2, 0.25) is 0 Å². The first-order chi connectivity index (χ1) is 9.86. The second kappa shape index (κ2) is 6.38. The van der Waals surface area contributed by atoms with Gasteiger partial charge in [0.25, 0.3) is 0 Å². The maximum Gasteiger partial charge on any atom is 0.319 e. The van der Waals surface area contributed by atoms with Gasteiger partial charge in [0.2, 0.25) is 0 Å². The van der Waals surface area contributed by atoms with Gasteiger partial charge < -0.3 is 15.7 Å². The summed E-state index contributed by atoms with van der Waals surface area (Å²) in [7, 11) is 0. The van der Waals surface area contributed by atoms with Crippen LogP contribution in [0, 0.1) is 17.6 Å². The third-order valence-corrected chi connectivity index (χ3v) is 3.82. The predicted molar refractivity (Wildman–Crippen MR) is 75.0 cm³/mol. The molecule has 1 fully saturated rings. The number of hydrogen-bond acceptors (Lipinski definition) is 2. The fourth-order valence-corrected chi connectivity index (χ4v) is 2.74. The van der Waals surface area contributed by atoms with E-state index < -0.39 is 35.2 Å². The summed E-state index contributed by atoms with van der Waals surface area (Å²) in [6, 6.07) is 1.00. The number of carbonyl (C=O) groups excluding carboxylic acids is 1. The maximum absolute atomic E-state index is 13.6. The summed E-state index contributed by atoms with van der Waals surface area (Å²) in [5.41, 5.74) is -0.538. The lowest BCUT2D eigenvalue weighted by molar-refractivity contribution is -0.141. The van der Waals surface area contributed by atoms with Crippen molar-refractivity contribution in [3.8, 4) is 0 Å². The van der Waals surface area contributed by atoms with E-state index in [1.165, 1.54) is 0 Å². The van der Waals surface area contributed by atoms with Crippen LogP contribution in [0.4, 0.5) is 19.3 Å². The summed E-state index contributed by atoms with van der Waals surface area (Å²) in [4.78, 5) is 22.5. The van der Waals surface area contributed by atoms with E-state index >= 15 is 0 Å². The third-order valence-electron chi connectivity index (χ3n) is 3.36. The van der Waals surface area contributed by atoms with E-state index in [4.69, 9.17) is 5.11 Å². The molecule has 5 nitrogen and oxygen atoms in total. The molecular weight excluding hydrogens is 350 g/mol. The third kappa shape index (κ3) is 3.90. The van der Waals surface area contributed by atoms with E-state index in [1.54, 1.807) is 0 Å². The van der Waals surface area contributed by atoms with Gasteiger partial charge in [0.1, 0.15) is 5.69 Å². The Labute approximate surface area is 127 Å². The van der Waals surface area contributed by atoms with Gasteiger partial charge in [-0.25, -0.2) is 13.6 Å². The lowest BCUT2D eigenvalue weighted by atomic mass is 10.1. The zero-order valence-corrected chi connectivity index (χ0v) is 12.4. The molecule has 3 N–H and O–H groups in total. The number of carboxylic acids is 1. The summed E-state index contributed by atoms with van der Waals surface area (Å²) < 4.78 is 27.4. The minimum atomic E-state index is -0.898. The lowest BCUT2D eigenvalue weighted by Crippen LogP contribution is -2.37. The van der Waals surface area contributed by atoms with Crippen LogP contribution in [-0.2, 0) is 4.79 Å². The molecule has 1 aliphatic carbocycles. The molecule has 1 saturated carbocycles. The van der Waals surface area contributed by atoms with Crippen LogP contribution in [0.25, 0.3) is 0 Å². The van der Waals surface area contributed by atoms with Crippen LogP contribution >= 0.6 is 15.9 Å². The molecule has 0 spiro atoms. The van der Waals surface area contributed by atoms with E-state index in [9.17, 15) is 18.4 Å². The van der Waals surface area contributed by atoms with Crippen molar-refractivity contribution >= 4 is 33.6 Å². The minimum absolute atomic E-state index is 0.226. The van der Waals surface area contributed by atoms with Gasteiger partial charge >= 0.3 is 12.0 Å². The molecule has 0 bridgehead atoms. The molecule has 1 aromatic carbocycles. The molecule has 2 atom stereocenters. The summed E-state index contributed by atoms with van der Waals surface area (Å²) in [6.07, 6.45) is 1.31. The van der Waals surface area contributed by atoms with Crippen LogP contribution in [0.5, 0.6) is 0 Å². The number of anilines is 1. The Bertz CT molecular complexity index is 560. The number of rotatable bonds is 3. The lowest BCUT2D eigenvalue weighted by Gasteiger charge is -2.14. The molecular formula is C13H13BrF2N2O3. The molecule has 0 aromatic heterocycles. The van der Waals surface area contributed by atoms with Crippen LogP contribution < -0.4 is 10.6 Å². The van der Waals surface area contributed by atoms with Crippen LogP contribution in [0.3, 0.4) is 0 Å². The van der Waals surface area contributed by atoms with Crippen molar-refractivity contribution in [2.24, 2.45) is 5.92 Å². The molecule has 0 heterocycles. The molecule has 8 heteroatoms. The van der Waals surface area contributed by atoms with Gasteiger partial charge in [0, 0.05) is 10.5 Å². The molecule has 1 aromatic rings. The maximum atomic E-state index is 13.6. The van der Waals surface area contributed by atoms with Crippen molar-refractivity contribution in [2.45, 2.75) is 25.3 Å². The number of carboxylic acid groups (broad SMARTS) is 1. The number of urea groups is 1. The smallest absolute Gasteiger partial charge is 0.319 e. The molecule has 0 radical (unpaired) electrons. The highest BCUT2D eigenvalue weighted by atomic mass is 79.9. The quantitative estimate of drug-likeness (QED) is 0.772. The second-order valence-corrected chi connectivity index (χ2v) is 5.80. The van der Waals surface area contributed by atoms with Gasteiger partial charge in [-0.1, -0.05) is 15.9 Å². The van der Waals surface area contributed by atoms with Gasteiger partial charge in [0.15, 0.2) is 11.6 Å². The molecule has 1 aliphatic rings. The first-order valence-corrected chi connectivity index (χ1v) is 7.11. The Morgan fingerprint density at radius 1 is 1.24 bits per heavy atom. The van der Waals surface area contributed by atoms with Gasteiger partial charge in [-0.15, -0.1) is 0 Å². The van der Waals surface area contributed by atoms with E-state index in [2.05, 4.69) is 26.6 Å². The zero-order valence-electron chi connectivity index (χ0n) is 10.8. The van der Waals surface area contributed by atoms with Crippen molar-refractivity contribution in [3.05, 3.63) is 28.2 Å². The van der Waals surface area contributed by atoms with Crippen molar-refractivity contribution in [1.82, 2.24) is 5.32 Å². The molecule has 0 saturated heterocycles. The molecule has 2 amide bonds. The van der Waals surface area contributed by atoms with E-state index in [1.807, 2.05) is 0 Å². The number of aliphatic carboxylic acids is 1. The van der Waals surface area contributed by atoms with Gasteiger partial charge in [-0.3, -0.25) is 4.79 Å². The van der Waals surface area contributed by atoms with Gasteiger partial charge in [-0.2, -0.15) is 0 Å². The summed E-state index contributed by atoms with van der Waals surface area (Å²) in [5.74, 6) is -3.18. The van der Waals surface area contributed by atoms with Gasteiger partial charge in [-0.05, 0) is 31.4 Å². The average molecular weight is 363 g/mol. The minimum Gasteiger partial charge on any atom is -0.481 e. The Morgan fingerprint density at radius 2 is 1.86 bits per heavy atom. The number of amides is 2. The highest BCUT2D eigenvalue weighted by Crippen LogP contribution is 2.26. The topological polar surface area (TPSA) is 78.4 Å². The van der Waals surface area contributed by atoms with Crippen LogP contribution in [0.1, 0.15) is 19.3 Å². The molecule has 114 valence electrons. The molecule has 0 unspecified atom stereocenters. The van der Waals surface area contributed by atoms with Crippen LogP contribution in [-0.4, -0.2) is 23.1 Å². The zero-order chi connectivity index (χ0) is 15.6. The number of benzene rings is 1. The number of halogens is 3. The van der Waals surface area contributed by atoms with Crippen molar-refractivity contribution in [1.29, 1.82) is 0 Å². The Morgan fingerprint density at radius 3 is 2.38 bits per heavy atom. The Hall–Kier alpha value is -1.70. The monoisotopic (exact) mass is 362 g/mol. The first-order valence-electron chi connectivity index (χ1n) is 6.31. The molecule has 0 aliphatic heterocycles. The molecule has 2 rings (SSSR count). The number of hydrogen-bond donors (Lipinski definition) is 3. The predicted octanol–water partition coefficient (Wildman–Crippen LogP) is 3.10. The summed E-state index contributed by atoms with van der Waals surface area (Å²) in [5, 5.41) is 13.5. The SMILES string of the molecule is O=C(Nc1c(F)cc(Br)cc1F)N[C@H]1CC[C@@H](C(=O)O)C1. The van der Waals surface area contributed by atoms with Gasteiger partial charge in [0.05, 0.1) is 5.92 Å². The summed E-state index contributed by atoms with van der Waals surface area (Å²) >= 11 is 2.94. The second-order valence-electron chi connectivity index (χ2n) is 4.89. The van der Waals surface area contributed by atoms with Crippen molar-refractivity contribution < 1.29 is 23.5 Å². The van der Waals surface area contributed by atoms with Crippen LogP contribution in [0.15, 0.2) is 16.6 Å². The van der Waals surface area contributed by atoms with E-state index in [-0.39, 0.29) is 10.5 Å². The largest absolute Gasteiger partial charge is 0.481 e. The van der Waals surface area contributed by atoms with Crippen molar-refractivity contribution in [2.75, 3.05) is 5.32 Å². The fourth-order valence-electron chi connectivity index (χ4n) is 2.33. The average Bonchev–Trinajstić information content (AvgIpc) is 2.82. The van der Waals surface area contributed by atoms with E-state index in [0.717, 1.165) is 12.1 Å². The number of nitrogens with one attached hydrogen (secondary N) is 2. The highest BCUT2D eigenvalue weighted by Gasteiger charge is 2.30. The first kappa shape index (κ1) is 15.7. The molecule has 21 heavy (non-hydrogen) atoms.